The molecule has 1 aromatic carbocycles. The molecule has 1 aliphatic rings. The first-order valence-electron chi connectivity index (χ1n) is 6.30. The highest BCUT2D eigenvalue weighted by molar-refractivity contribution is 5.31. The molecule has 0 amide bonds. The maximum absolute atomic E-state index is 14.0. The zero-order valence-electron chi connectivity index (χ0n) is 10.9. The summed E-state index contributed by atoms with van der Waals surface area (Å²) in [5.74, 6) is 0.281. The van der Waals surface area contributed by atoms with E-state index >= 15 is 0 Å². The van der Waals surface area contributed by atoms with Crippen molar-refractivity contribution in [2.24, 2.45) is 11.7 Å². The van der Waals surface area contributed by atoms with E-state index in [4.69, 9.17) is 15.2 Å². The number of rotatable bonds is 4. The van der Waals surface area contributed by atoms with Crippen molar-refractivity contribution in [3.05, 3.63) is 29.6 Å². The number of nitrogens with two attached hydrogens (primary N) is 1. The Hall–Kier alpha value is -1.13. The Bertz CT molecular complexity index is 411. The lowest BCUT2D eigenvalue weighted by Gasteiger charge is -2.18. The lowest BCUT2D eigenvalue weighted by atomic mass is 9.92. The highest BCUT2D eigenvalue weighted by atomic mass is 19.1. The summed E-state index contributed by atoms with van der Waals surface area (Å²) in [7, 11) is 1.47. The summed E-state index contributed by atoms with van der Waals surface area (Å²) in [6.45, 7) is 2.72. The van der Waals surface area contributed by atoms with Crippen molar-refractivity contribution in [2.45, 2.75) is 31.9 Å². The summed E-state index contributed by atoms with van der Waals surface area (Å²) in [6.07, 6.45) is 1.73. The molecule has 0 spiro atoms. The maximum atomic E-state index is 14.0. The summed E-state index contributed by atoms with van der Waals surface area (Å²) >= 11 is 0. The second kappa shape index (κ2) is 5.67. The van der Waals surface area contributed by atoms with E-state index < -0.39 is 0 Å². The van der Waals surface area contributed by atoms with Crippen molar-refractivity contribution in [1.82, 2.24) is 0 Å². The van der Waals surface area contributed by atoms with Crippen LogP contribution >= 0.6 is 0 Å². The van der Waals surface area contributed by atoms with Crippen molar-refractivity contribution in [3.8, 4) is 5.75 Å². The molecule has 0 aromatic heterocycles. The van der Waals surface area contributed by atoms with Crippen LogP contribution < -0.4 is 10.5 Å². The predicted molar refractivity (Wildman–Crippen MR) is 68.2 cm³/mol. The highest BCUT2D eigenvalue weighted by Crippen LogP contribution is 2.26. The van der Waals surface area contributed by atoms with Gasteiger partial charge in [0.1, 0.15) is 0 Å². The third-order valence-electron chi connectivity index (χ3n) is 3.55. The summed E-state index contributed by atoms with van der Waals surface area (Å²) in [5.41, 5.74) is 6.76. The monoisotopic (exact) mass is 253 g/mol. The molecular formula is C14H20FNO2. The highest BCUT2D eigenvalue weighted by Gasteiger charge is 2.28. The Morgan fingerprint density at radius 1 is 1.56 bits per heavy atom. The second-order valence-corrected chi connectivity index (χ2v) is 4.94. The number of benzene rings is 1. The summed E-state index contributed by atoms with van der Waals surface area (Å²) < 4.78 is 24.5. The van der Waals surface area contributed by atoms with Gasteiger partial charge in [0.25, 0.3) is 0 Å². The largest absolute Gasteiger partial charge is 0.494 e. The molecule has 4 heteroatoms. The van der Waals surface area contributed by atoms with Crippen LogP contribution in [-0.2, 0) is 11.2 Å². The molecule has 0 aliphatic carbocycles. The quantitative estimate of drug-likeness (QED) is 0.894. The lowest BCUT2D eigenvalue weighted by molar-refractivity contribution is 0.118. The Morgan fingerprint density at radius 2 is 2.33 bits per heavy atom. The topological polar surface area (TPSA) is 44.5 Å². The fourth-order valence-corrected chi connectivity index (χ4v) is 2.44. The molecule has 2 N–H and O–H groups in total. The van der Waals surface area contributed by atoms with Crippen molar-refractivity contribution in [2.75, 3.05) is 13.7 Å². The van der Waals surface area contributed by atoms with E-state index in [1.165, 1.54) is 7.11 Å². The van der Waals surface area contributed by atoms with Crippen LogP contribution in [-0.4, -0.2) is 25.9 Å². The average molecular weight is 253 g/mol. The number of ether oxygens (including phenoxy) is 2. The van der Waals surface area contributed by atoms with Crippen molar-refractivity contribution < 1.29 is 13.9 Å². The summed E-state index contributed by atoms with van der Waals surface area (Å²) in [6, 6.07) is 5.09. The van der Waals surface area contributed by atoms with E-state index in [1.807, 2.05) is 6.92 Å². The standard InChI is InChI=1S/C14H20FNO2/c1-9-6-11(8-18-9)12(16)7-10-4-3-5-13(17-2)14(10)15/h3-5,9,11-12H,6-8,16H2,1-2H3. The van der Waals surface area contributed by atoms with Gasteiger partial charge >= 0.3 is 0 Å². The minimum absolute atomic E-state index is 0.0726. The minimum Gasteiger partial charge on any atom is -0.494 e. The van der Waals surface area contributed by atoms with Crippen molar-refractivity contribution in [3.63, 3.8) is 0 Å². The molecule has 100 valence electrons. The van der Waals surface area contributed by atoms with Crippen LogP contribution in [0.5, 0.6) is 5.75 Å². The van der Waals surface area contributed by atoms with Crippen LogP contribution in [0.25, 0.3) is 0 Å². The third kappa shape index (κ3) is 2.82. The van der Waals surface area contributed by atoms with E-state index in [9.17, 15) is 4.39 Å². The Balaban J connectivity index is 2.05. The molecule has 18 heavy (non-hydrogen) atoms. The molecule has 1 heterocycles. The van der Waals surface area contributed by atoms with E-state index in [2.05, 4.69) is 0 Å². The Labute approximate surface area is 107 Å². The molecule has 3 atom stereocenters. The molecule has 1 aromatic rings. The lowest BCUT2D eigenvalue weighted by Crippen LogP contribution is -2.33. The fraction of sp³-hybridized carbons (Fsp3) is 0.571. The van der Waals surface area contributed by atoms with E-state index in [0.29, 0.717) is 24.5 Å². The van der Waals surface area contributed by atoms with Crippen LogP contribution in [0.4, 0.5) is 4.39 Å². The van der Waals surface area contributed by atoms with Gasteiger partial charge in [-0.25, -0.2) is 4.39 Å². The SMILES string of the molecule is COc1cccc(CC(N)C2COC(C)C2)c1F. The number of halogens is 1. The van der Waals surface area contributed by atoms with Gasteiger partial charge in [0.15, 0.2) is 11.6 Å². The number of hydrogen-bond donors (Lipinski definition) is 1. The number of hydrogen-bond acceptors (Lipinski definition) is 3. The van der Waals surface area contributed by atoms with E-state index in [1.54, 1.807) is 18.2 Å². The fourth-order valence-electron chi connectivity index (χ4n) is 2.44. The molecule has 1 saturated heterocycles. The van der Waals surface area contributed by atoms with E-state index in [-0.39, 0.29) is 23.7 Å². The van der Waals surface area contributed by atoms with Crippen molar-refractivity contribution in [1.29, 1.82) is 0 Å². The second-order valence-electron chi connectivity index (χ2n) is 4.94. The Morgan fingerprint density at radius 3 is 2.94 bits per heavy atom. The molecule has 1 aliphatic heterocycles. The summed E-state index contributed by atoms with van der Waals surface area (Å²) in [4.78, 5) is 0. The first-order valence-corrected chi connectivity index (χ1v) is 6.30. The van der Waals surface area contributed by atoms with Crippen LogP contribution in [0, 0.1) is 11.7 Å². The van der Waals surface area contributed by atoms with Crippen LogP contribution in [0.1, 0.15) is 18.9 Å². The minimum atomic E-state index is -0.303. The molecule has 0 bridgehead atoms. The molecule has 2 rings (SSSR count). The van der Waals surface area contributed by atoms with Gasteiger partial charge < -0.3 is 15.2 Å². The number of methoxy groups -OCH3 is 1. The van der Waals surface area contributed by atoms with Gasteiger partial charge in [0, 0.05) is 12.0 Å². The van der Waals surface area contributed by atoms with E-state index in [0.717, 1.165) is 6.42 Å². The molecule has 3 nitrogen and oxygen atoms in total. The first kappa shape index (κ1) is 13.3. The van der Waals surface area contributed by atoms with Gasteiger partial charge in [-0.2, -0.15) is 0 Å². The van der Waals surface area contributed by atoms with Gasteiger partial charge in [-0.3, -0.25) is 0 Å². The molecule has 1 fully saturated rings. The average Bonchev–Trinajstić information content (AvgIpc) is 2.78. The molecule has 3 unspecified atom stereocenters. The van der Waals surface area contributed by atoms with Gasteiger partial charge in [-0.15, -0.1) is 0 Å². The zero-order valence-corrected chi connectivity index (χ0v) is 10.9. The Kier molecular flexibility index (Phi) is 4.19. The predicted octanol–water partition coefficient (Wildman–Crippen LogP) is 2.13. The smallest absolute Gasteiger partial charge is 0.168 e. The van der Waals surface area contributed by atoms with Crippen LogP contribution in [0.3, 0.4) is 0 Å². The van der Waals surface area contributed by atoms with Gasteiger partial charge in [-0.05, 0) is 31.4 Å². The third-order valence-corrected chi connectivity index (χ3v) is 3.55. The van der Waals surface area contributed by atoms with Gasteiger partial charge in [0.2, 0.25) is 0 Å². The summed E-state index contributed by atoms with van der Waals surface area (Å²) in [5, 5.41) is 0. The van der Waals surface area contributed by atoms with Gasteiger partial charge in [0.05, 0.1) is 19.8 Å². The van der Waals surface area contributed by atoms with Crippen molar-refractivity contribution >= 4 is 0 Å². The molecule has 0 radical (unpaired) electrons. The zero-order chi connectivity index (χ0) is 13.1. The van der Waals surface area contributed by atoms with Crippen LogP contribution in [0.2, 0.25) is 0 Å². The molecular weight excluding hydrogens is 233 g/mol. The normalized spacial score (nSPS) is 25.1. The van der Waals surface area contributed by atoms with Gasteiger partial charge in [-0.1, -0.05) is 12.1 Å². The first-order chi connectivity index (χ1) is 8.61. The molecule has 0 saturated carbocycles. The maximum Gasteiger partial charge on any atom is 0.168 e. The van der Waals surface area contributed by atoms with Crippen LogP contribution in [0.15, 0.2) is 18.2 Å².